The standard InChI is InChI=1S/C27H36O4/c1-7-21-17-22(19-28-9-3)26(23(18-21)20-29-10-4)31-16-15-30-25-13-11-24(12-14-25)27(5,6)8-2/h1,11-14,17-18H,8-10,15-16,19-20H2,2-6H3. The number of terminal acetylenes is 1. The van der Waals surface area contributed by atoms with E-state index in [1.165, 1.54) is 5.56 Å². The van der Waals surface area contributed by atoms with Crippen LogP contribution in [0.5, 0.6) is 11.5 Å². The molecule has 4 nitrogen and oxygen atoms in total. The summed E-state index contributed by atoms with van der Waals surface area (Å²) in [6.45, 7) is 13.6. The fraction of sp³-hybridized carbons (Fsp3) is 0.481. The quantitative estimate of drug-likeness (QED) is 0.297. The Bertz CT molecular complexity index is 818. The van der Waals surface area contributed by atoms with Gasteiger partial charge < -0.3 is 18.9 Å². The maximum Gasteiger partial charge on any atom is 0.130 e. The molecule has 0 aliphatic carbocycles. The lowest BCUT2D eigenvalue weighted by Crippen LogP contribution is -2.15. The highest BCUT2D eigenvalue weighted by atomic mass is 16.5. The summed E-state index contributed by atoms with van der Waals surface area (Å²) in [6, 6.07) is 12.2. The highest BCUT2D eigenvalue weighted by molar-refractivity contribution is 5.49. The molecule has 0 saturated carbocycles. The van der Waals surface area contributed by atoms with Crippen LogP contribution in [0.15, 0.2) is 36.4 Å². The highest BCUT2D eigenvalue weighted by Crippen LogP contribution is 2.29. The van der Waals surface area contributed by atoms with Gasteiger partial charge in [0.25, 0.3) is 0 Å². The van der Waals surface area contributed by atoms with Crippen LogP contribution in [0.4, 0.5) is 0 Å². The van der Waals surface area contributed by atoms with Crippen molar-refractivity contribution in [3.63, 3.8) is 0 Å². The molecule has 0 aliphatic rings. The smallest absolute Gasteiger partial charge is 0.130 e. The van der Waals surface area contributed by atoms with Crippen LogP contribution in [-0.4, -0.2) is 26.4 Å². The molecule has 0 aliphatic heterocycles. The van der Waals surface area contributed by atoms with Gasteiger partial charge in [0.15, 0.2) is 0 Å². The summed E-state index contributed by atoms with van der Waals surface area (Å²) in [7, 11) is 0. The van der Waals surface area contributed by atoms with Crippen molar-refractivity contribution in [2.24, 2.45) is 0 Å². The Hall–Kier alpha value is -2.48. The lowest BCUT2D eigenvalue weighted by molar-refractivity contribution is 0.122. The van der Waals surface area contributed by atoms with Gasteiger partial charge in [0, 0.05) is 29.9 Å². The lowest BCUT2D eigenvalue weighted by atomic mass is 9.82. The molecule has 0 N–H and O–H groups in total. The molecule has 0 unspecified atom stereocenters. The van der Waals surface area contributed by atoms with Gasteiger partial charge in [0.2, 0.25) is 0 Å². The number of ether oxygens (including phenoxy) is 4. The molecule has 2 aromatic carbocycles. The minimum absolute atomic E-state index is 0.167. The molecule has 0 amide bonds. The SMILES string of the molecule is C#Cc1cc(COCC)c(OCCOc2ccc(C(C)(C)CC)cc2)c(COCC)c1. The summed E-state index contributed by atoms with van der Waals surface area (Å²) in [4.78, 5) is 0. The summed E-state index contributed by atoms with van der Waals surface area (Å²) < 4.78 is 23.3. The van der Waals surface area contributed by atoms with Crippen LogP contribution in [-0.2, 0) is 28.1 Å². The van der Waals surface area contributed by atoms with Crippen LogP contribution < -0.4 is 9.47 Å². The van der Waals surface area contributed by atoms with Crippen LogP contribution in [0.3, 0.4) is 0 Å². The van der Waals surface area contributed by atoms with Crippen molar-refractivity contribution in [2.45, 2.75) is 59.7 Å². The fourth-order valence-corrected chi connectivity index (χ4v) is 3.17. The second-order valence-corrected chi connectivity index (χ2v) is 8.00. The average molecular weight is 425 g/mol. The normalized spacial score (nSPS) is 11.2. The van der Waals surface area contributed by atoms with Gasteiger partial charge in [-0.05, 0) is 55.5 Å². The summed E-state index contributed by atoms with van der Waals surface area (Å²) in [5.74, 6) is 4.31. The van der Waals surface area contributed by atoms with Crippen LogP contribution in [0, 0.1) is 12.3 Å². The number of benzene rings is 2. The second-order valence-electron chi connectivity index (χ2n) is 8.00. The van der Waals surface area contributed by atoms with E-state index >= 15 is 0 Å². The molecule has 0 fully saturated rings. The van der Waals surface area contributed by atoms with Crippen molar-refractivity contribution < 1.29 is 18.9 Å². The van der Waals surface area contributed by atoms with Gasteiger partial charge >= 0.3 is 0 Å². The predicted molar refractivity (Wildman–Crippen MR) is 126 cm³/mol. The highest BCUT2D eigenvalue weighted by Gasteiger charge is 2.17. The molecule has 0 saturated heterocycles. The zero-order chi connectivity index (χ0) is 22.7. The van der Waals surface area contributed by atoms with Gasteiger partial charge in [-0.1, -0.05) is 38.8 Å². The molecule has 0 radical (unpaired) electrons. The first kappa shape index (κ1) is 24.8. The fourth-order valence-electron chi connectivity index (χ4n) is 3.17. The summed E-state index contributed by atoms with van der Waals surface area (Å²) in [6.07, 6.45) is 6.73. The molecule has 0 atom stereocenters. The molecule has 0 bridgehead atoms. The van der Waals surface area contributed by atoms with Crippen LogP contribution >= 0.6 is 0 Å². The molecule has 31 heavy (non-hydrogen) atoms. The third-order valence-electron chi connectivity index (χ3n) is 5.45. The molecule has 168 valence electrons. The van der Waals surface area contributed by atoms with Crippen molar-refractivity contribution >= 4 is 0 Å². The van der Waals surface area contributed by atoms with Crippen LogP contribution in [0.25, 0.3) is 0 Å². The minimum Gasteiger partial charge on any atom is -0.490 e. The first-order valence-corrected chi connectivity index (χ1v) is 11.1. The zero-order valence-corrected chi connectivity index (χ0v) is 19.6. The van der Waals surface area contributed by atoms with E-state index in [1.54, 1.807) is 0 Å². The van der Waals surface area contributed by atoms with E-state index in [9.17, 15) is 0 Å². The van der Waals surface area contributed by atoms with E-state index in [-0.39, 0.29) is 5.41 Å². The van der Waals surface area contributed by atoms with Crippen molar-refractivity contribution in [1.29, 1.82) is 0 Å². The zero-order valence-electron chi connectivity index (χ0n) is 19.6. The van der Waals surface area contributed by atoms with Crippen LogP contribution in [0.2, 0.25) is 0 Å². The van der Waals surface area contributed by atoms with Gasteiger partial charge in [0.1, 0.15) is 24.7 Å². The Kier molecular flexibility index (Phi) is 9.91. The molecule has 2 aromatic rings. The maximum atomic E-state index is 6.13. The maximum absolute atomic E-state index is 6.13. The molecule has 0 aromatic heterocycles. The van der Waals surface area contributed by atoms with Crippen molar-refractivity contribution in [2.75, 3.05) is 26.4 Å². The van der Waals surface area contributed by atoms with E-state index in [2.05, 4.69) is 38.8 Å². The first-order valence-electron chi connectivity index (χ1n) is 11.1. The van der Waals surface area contributed by atoms with Gasteiger partial charge in [-0.2, -0.15) is 0 Å². The van der Waals surface area contributed by atoms with E-state index < -0.39 is 0 Å². The molecule has 0 heterocycles. The number of hydrogen-bond acceptors (Lipinski definition) is 4. The Morgan fingerprint density at radius 2 is 1.39 bits per heavy atom. The molecule has 4 heteroatoms. The van der Waals surface area contributed by atoms with Gasteiger partial charge in [-0.25, -0.2) is 0 Å². The Labute approximate surface area is 187 Å². The van der Waals surface area contributed by atoms with Crippen molar-refractivity contribution in [3.8, 4) is 23.8 Å². The Morgan fingerprint density at radius 3 is 1.87 bits per heavy atom. The van der Waals surface area contributed by atoms with Gasteiger partial charge in [0.05, 0.1) is 13.2 Å². The van der Waals surface area contributed by atoms with E-state index in [0.29, 0.717) is 39.6 Å². The molecular formula is C27H36O4. The summed E-state index contributed by atoms with van der Waals surface area (Å²) in [5.41, 5.74) is 4.13. The predicted octanol–water partition coefficient (Wildman–Crippen LogP) is 5.89. The van der Waals surface area contributed by atoms with Gasteiger partial charge in [-0.3, -0.25) is 0 Å². The van der Waals surface area contributed by atoms with E-state index in [0.717, 1.165) is 34.6 Å². The third-order valence-corrected chi connectivity index (χ3v) is 5.45. The minimum atomic E-state index is 0.167. The summed E-state index contributed by atoms with van der Waals surface area (Å²) >= 11 is 0. The van der Waals surface area contributed by atoms with E-state index in [4.69, 9.17) is 25.4 Å². The molecule has 2 rings (SSSR count). The number of rotatable bonds is 13. The van der Waals surface area contributed by atoms with Crippen molar-refractivity contribution in [3.05, 3.63) is 58.7 Å². The lowest BCUT2D eigenvalue weighted by Gasteiger charge is -2.23. The molecular weight excluding hydrogens is 388 g/mol. The summed E-state index contributed by atoms with van der Waals surface area (Å²) in [5, 5.41) is 0. The van der Waals surface area contributed by atoms with E-state index in [1.807, 2.05) is 38.1 Å². The Balaban J connectivity index is 2.05. The largest absolute Gasteiger partial charge is 0.490 e. The average Bonchev–Trinajstić information content (AvgIpc) is 2.79. The monoisotopic (exact) mass is 424 g/mol. The molecule has 0 spiro atoms. The van der Waals surface area contributed by atoms with Gasteiger partial charge in [-0.15, -0.1) is 6.42 Å². The second kappa shape index (κ2) is 12.4. The first-order chi connectivity index (χ1) is 14.9. The van der Waals surface area contributed by atoms with Crippen LogP contribution in [0.1, 0.15) is 63.3 Å². The third kappa shape index (κ3) is 7.31. The number of hydrogen-bond donors (Lipinski definition) is 0. The Morgan fingerprint density at radius 1 is 0.839 bits per heavy atom. The topological polar surface area (TPSA) is 36.9 Å². The van der Waals surface area contributed by atoms with Crippen molar-refractivity contribution in [1.82, 2.24) is 0 Å².